The molecule has 0 atom stereocenters. The van der Waals surface area contributed by atoms with Crippen molar-refractivity contribution >= 4 is 21.6 Å². The van der Waals surface area contributed by atoms with Crippen LogP contribution in [0.1, 0.15) is 5.56 Å². The largest absolute Gasteiger partial charge is 0.377 e. The van der Waals surface area contributed by atoms with Crippen molar-refractivity contribution in [3.05, 3.63) is 28.2 Å². The van der Waals surface area contributed by atoms with Crippen LogP contribution in [-0.4, -0.2) is 19.3 Å². The Bertz CT molecular complexity index is 310. The normalized spacial score (nSPS) is 16.8. The lowest BCUT2D eigenvalue weighted by Crippen LogP contribution is -2.40. The molecule has 0 saturated carbocycles. The second-order valence-electron chi connectivity index (χ2n) is 3.34. The molecule has 0 aliphatic carbocycles. The minimum Gasteiger partial charge on any atom is -0.377 e. The fraction of sp³-hybridized carbons (Fsp3) is 0.400. The van der Waals surface area contributed by atoms with Crippen LogP contribution < -0.4 is 5.32 Å². The van der Waals surface area contributed by atoms with Gasteiger partial charge in [0.1, 0.15) is 0 Å². The van der Waals surface area contributed by atoms with E-state index < -0.39 is 0 Å². The summed E-state index contributed by atoms with van der Waals surface area (Å²) < 4.78 is 6.21. The summed E-state index contributed by atoms with van der Waals surface area (Å²) in [6, 6.07) is 6.75. The first-order valence-corrected chi connectivity index (χ1v) is 5.15. The number of nitrogens with one attached hydrogen (secondary N) is 1. The van der Waals surface area contributed by atoms with Crippen LogP contribution >= 0.6 is 15.9 Å². The minimum atomic E-state index is 0.494. The van der Waals surface area contributed by atoms with Crippen molar-refractivity contribution in [2.45, 2.75) is 13.0 Å². The van der Waals surface area contributed by atoms with E-state index in [1.165, 1.54) is 11.3 Å². The maximum absolute atomic E-state index is 5.10. The van der Waals surface area contributed by atoms with E-state index in [2.05, 4.69) is 46.4 Å². The molecule has 0 unspecified atom stereocenters. The van der Waals surface area contributed by atoms with Crippen LogP contribution in [0, 0.1) is 6.92 Å². The van der Waals surface area contributed by atoms with Gasteiger partial charge in [0.2, 0.25) is 0 Å². The van der Waals surface area contributed by atoms with Crippen LogP contribution in [0.25, 0.3) is 0 Å². The summed E-state index contributed by atoms with van der Waals surface area (Å²) in [4.78, 5) is 0. The molecule has 1 aromatic rings. The summed E-state index contributed by atoms with van der Waals surface area (Å²) in [5.41, 5.74) is 2.47. The first kappa shape index (κ1) is 9.03. The Hall–Kier alpha value is -0.540. The van der Waals surface area contributed by atoms with Crippen molar-refractivity contribution in [1.82, 2.24) is 0 Å². The Balaban J connectivity index is 2.13. The molecule has 0 amide bonds. The molecule has 0 bridgehead atoms. The summed E-state index contributed by atoms with van der Waals surface area (Å²) in [5, 5.41) is 3.43. The average Bonchev–Trinajstić information content (AvgIpc) is 2.03. The number of benzene rings is 1. The van der Waals surface area contributed by atoms with Crippen molar-refractivity contribution in [2.75, 3.05) is 18.5 Å². The molecule has 13 heavy (non-hydrogen) atoms. The van der Waals surface area contributed by atoms with Gasteiger partial charge in [-0.05, 0) is 24.6 Å². The van der Waals surface area contributed by atoms with E-state index in [0.29, 0.717) is 6.04 Å². The third-order valence-corrected chi connectivity index (χ3v) is 2.69. The fourth-order valence-corrected chi connectivity index (χ4v) is 1.65. The van der Waals surface area contributed by atoms with Gasteiger partial charge >= 0.3 is 0 Å². The highest BCUT2D eigenvalue weighted by molar-refractivity contribution is 9.10. The molecule has 0 aromatic heterocycles. The maximum atomic E-state index is 5.10. The molecule has 1 heterocycles. The van der Waals surface area contributed by atoms with Crippen LogP contribution in [0.5, 0.6) is 0 Å². The molecule has 1 aliphatic heterocycles. The van der Waals surface area contributed by atoms with Gasteiger partial charge in [-0.1, -0.05) is 22.0 Å². The molecule has 2 rings (SSSR count). The van der Waals surface area contributed by atoms with Gasteiger partial charge in [-0.25, -0.2) is 0 Å². The quantitative estimate of drug-likeness (QED) is 0.860. The van der Waals surface area contributed by atoms with Crippen molar-refractivity contribution < 1.29 is 4.74 Å². The third kappa shape index (κ3) is 2.03. The van der Waals surface area contributed by atoms with Gasteiger partial charge in [-0.2, -0.15) is 0 Å². The highest BCUT2D eigenvalue weighted by Crippen LogP contribution is 2.22. The predicted molar refractivity (Wildman–Crippen MR) is 57.1 cm³/mol. The van der Waals surface area contributed by atoms with Crippen LogP contribution in [0.2, 0.25) is 0 Å². The molecule has 0 spiro atoms. The third-order valence-electron chi connectivity index (χ3n) is 2.20. The number of anilines is 1. The number of hydrogen-bond donors (Lipinski definition) is 1. The second-order valence-corrected chi connectivity index (χ2v) is 4.25. The smallest absolute Gasteiger partial charge is 0.0728 e. The van der Waals surface area contributed by atoms with Gasteiger partial charge in [0.15, 0.2) is 0 Å². The summed E-state index contributed by atoms with van der Waals surface area (Å²) >= 11 is 3.45. The lowest BCUT2D eigenvalue weighted by atomic mass is 10.1. The zero-order chi connectivity index (χ0) is 9.26. The number of aryl methyl sites for hydroxylation is 1. The Morgan fingerprint density at radius 2 is 2.23 bits per heavy atom. The molecular weight excluding hydrogens is 230 g/mol. The Labute approximate surface area is 86.4 Å². The highest BCUT2D eigenvalue weighted by atomic mass is 79.9. The van der Waals surface area contributed by atoms with Crippen LogP contribution in [0.3, 0.4) is 0 Å². The zero-order valence-electron chi connectivity index (χ0n) is 7.51. The summed E-state index contributed by atoms with van der Waals surface area (Å²) in [6.45, 7) is 3.76. The van der Waals surface area contributed by atoms with E-state index in [0.717, 1.165) is 17.7 Å². The summed E-state index contributed by atoms with van der Waals surface area (Å²) in [7, 11) is 0. The second kappa shape index (κ2) is 3.68. The first-order chi connectivity index (χ1) is 6.25. The number of ether oxygens (including phenoxy) is 1. The lowest BCUT2D eigenvalue weighted by molar-refractivity contribution is 0.0211. The molecule has 1 N–H and O–H groups in total. The molecule has 1 fully saturated rings. The Kier molecular flexibility index (Phi) is 2.56. The Morgan fingerprint density at radius 1 is 1.46 bits per heavy atom. The van der Waals surface area contributed by atoms with E-state index in [9.17, 15) is 0 Å². The maximum Gasteiger partial charge on any atom is 0.0728 e. The van der Waals surface area contributed by atoms with E-state index in [4.69, 9.17) is 4.74 Å². The van der Waals surface area contributed by atoms with Gasteiger partial charge in [0.05, 0.1) is 19.3 Å². The van der Waals surface area contributed by atoms with E-state index in [1.54, 1.807) is 0 Å². The minimum absolute atomic E-state index is 0.494. The molecule has 3 heteroatoms. The molecule has 1 aliphatic rings. The number of hydrogen-bond acceptors (Lipinski definition) is 2. The van der Waals surface area contributed by atoms with Crippen LogP contribution in [0.4, 0.5) is 5.69 Å². The predicted octanol–water partition coefficient (Wildman–Crippen LogP) is 2.57. The number of halogens is 1. The van der Waals surface area contributed by atoms with E-state index >= 15 is 0 Å². The molecule has 70 valence electrons. The van der Waals surface area contributed by atoms with Gasteiger partial charge in [-0.3, -0.25) is 0 Å². The van der Waals surface area contributed by atoms with Crippen molar-refractivity contribution in [3.8, 4) is 0 Å². The molecule has 2 nitrogen and oxygen atoms in total. The van der Waals surface area contributed by atoms with Crippen molar-refractivity contribution in [2.24, 2.45) is 0 Å². The Morgan fingerprint density at radius 3 is 2.85 bits per heavy atom. The lowest BCUT2D eigenvalue weighted by Gasteiger charge is -2.28. The molecule has 0 radical (unpaired) electrons. The molecule has 1 aromatic carbocycles. The van der Waals surface area contributed by atoms with Crippen molar-refractivity contribution in [3.63, 3.8) is 0 Å². The van der Waals surface area contributed by atoms with Crippen molar-refractivity contribution in [1.29, 1.82) is 0 Å². The fourth-order valence-electron chi connectivity index (χ4n) is 1.29. The molecular formula is C10H12BrNO. The van der Waals surface area contributed by atoms with Crippen LogP contribution in [-0.2, 0) is 4.74 Å². The van der Waals surface area contributed by atoms with E-state index in [1.807, 2.05) is 0 Å². The summed E-state index contributed by atoms with van der Waals surface area (Å²) in [5.74, 6) is 0. The first-order valence-electron chi connectivity index (χ1n) is 4.36. The SMILES string of the molecule is Cc1ccc(Br)cc1NC1COC1. The van der Waals surface area contributed by atoms with Gasteiger partial charge in [-0.15, -0.1) is 0 Å². The van der Waals surface area contributed by atoms with Gasteiger partial charge < -0.3 is 10.1 Å². The van der Waals surface area contributed by atoms with Gasteiger partial charge in [0, 0.05) is 10.2 Å². The monoisotopic (exact) mass is 241 g/mol. The molecule has 1 saturated heterocycles. The standard InChI is InChI=1S/C10H12BrNO/c1-7-2-3-8(11)4-10(7)12-9-5-13-6-9/h2-4,9,12H,5-6H2,1H3. The average molecular weight is 242 g/mol. The topological polar surface area (TPSA) is 21.3 Å². The van der Waals surface area contributed by atoms with Crippen LogP contribution in [0.15, 0.2) is 22.7 Å². The zero-order valence-corrected chi connectivity index (χ0v) is 9.10. The van der Waals surface area contributed by atoms with E-state index in [-0.39, 0.29) is 0 Å². The van der Waals surface area contributed by atoms with Gasteiger partial charge in [0.25, 0.3) is 0 Å². The number of rotatable bonds is 2. The summed E-state index contributed by atoms with van der Waals surface area (Å²) in [6.07, 6.45) is 0. The highest BCUT2D eigenvalue weighted by Gasteiger charge is 2.18.